The Hall–Kier alpha value is -2.48. The number of thiophene rings is 1. The number of rotatable bonds is 2. The minimum atomic E-state index is -0.432. The minimum Gasteiger partial charge on any atom is -0.857 e. The molecule has 24 heavy (non-hydrogen) atoms. The lowest BCUT2D eigenvalue weighted by Crippen LogP contribution is -2.27. The van der Waals surface area contributed by atoms with Crippen LogP contribution in [0.5, 0.6) is 0 Å². The fourth-order valence-electron chi connectivity index (χ4n) is 3.04. The Bertz CT molecular complexity index is 959. The molecule has 1 atom stereocenters. The first-order chi connectivity index (χ1) is 11.5. The molecule has 0 saturated heterocycles. The van der Waals surface area contributed by atoms with E-state index >= 15 is 0 Å². The zero-order chi connectivity index (χ0) is 16.8. The van der Waals surface area contributed by atoms with Crippen molar-refractivity contribution < 1.29 is 14.3 Å². The third-order valence-corrected chi connectivity index (χ3v) is 5.40. The van der Waals surface area contributed by atoms with E-state index in [9.17, 15) is 5.11 Å². The van der Waals surface area contributed by atoms with Gasteiger partial charge in [0.1, 0.15) is 4.83 Å². The Morgan fingerprint density at radius 3 is 3.12 bits per heavy atom. The average Bonchev–Trinajstić information content (AvgIpc) is 3.09. The van der Waals surface area contributed by atoms with E-state index in [1.165, 1.54) is 27.8 Å². The standard InChI is InChI=1S/C16H17N5O2S/c1-8-3-4-11-9(5-8)6-10-13(17)14(24-16(10)18-11)15(22)19-12-7-21(2)20-23-12/h6-8H,3-5H2,1-2H3,(H2-,17,19,20,22). The van der Waals surface area contributed by atoms with Crippen molar-refractivity contribution in [2.75, 3.05) is 5.73 Å². The molecule has 3 aromatic heterocycles. The topological polar surface area (TPSA) is 104 Å². The fraction of sp³-hybridized carbons (Fsp3) is 0.375. The lowest BCUT2D eigenvalue weighted by molar-refractivity contribution is -0.739. The summed E-state index contributed by atoms with van der Waals surface area (Å²) in [5, 5.41) is 16.9. The zero-order valence-corrected chi connectivity index (χ0v) is 14.3. The van der Waals surface area contributed by atoms with Gasteiger partial charge in [0.05, 0.1) is 10.6 Å². The summed E-state index contributed by atoms with van der Waals surface area (Å²) in [6, 6.07) is 2.09. The van der Waals surface area contributed by atoms with Gasteiger partial charge in [-0.15, -0.1) is 11.3 Å². The van der Waals surface area contributed by atoms with Gasteiger partial charge in [0.2, 0.25) is 0 Å². The minimum absolute atomic E-state index is 0.153. The number of pyridine rings is 1. The number of anilines is 1. The quantitative estimate of drug-likeness (QED) is 0.428. The van der Waals surface area contributed by atoms with Gasteiger partial charge in [0.25, 0.3) is 6.20 Å². The van der Waals surface area contributed by atoms with E-state index in [4.69, 9.17) is 15.2 Å². The Kier molecular flexibility index (Phi) is 3.49. The number of nitrogens with zero attached hydrogens (tertiary/aromatic N) is 4. The molecule has 1 unspecified atom stereocenters. The van der Waals surface area contributed by atoms with E-state index < -0.39 is 5.90 Å². The molecule has 1 aliphatic carbocycles. The SMILES string of the molecule is CC1CCc2nc3sc(/C([O-])=N/c4c[n+](C)no4)c(N)c3cc2C1. The molecule has 0 radical (unpaired) electrons. The van der Waals surface area contributed by atoms with E-state index in [1.54, 1.807) is 7.05 Å². The van der Waals surface area contributed by atoms with Crippen LogP contribution in [0, 0.1) is 5.92 Å². The molecule has 3 aromatic rings. The van der Waals surface area contributed by atoms with Crippen molar-refractivity contribution in [3.63, 3.8) is 0 Å². The van der Waals surface area contributed by atoms with Gasteiger partial charge in [0, 0.05) is 17.0 Å². The van der Waals surface area contributed by atoms with Crippen molar-refractivity contribution in [3.05, 3.63) is 28.4 Å². The van der Waals surface area contributed by atoms with Gasteiger partial charge in [-0.2, -0.15) is 0 Å². The van der Waals surface area contributed by atoms with Crippen molar-refractivity contribution >= 4 is 39.0 Å². The summed E-state index contributed by atoms with van der Waals surface area (Å²) in [6.45, 7) is 2.25. The van der Waals surface area contributed by atoms with E-state index in [-0.39, 0.29) is 5.88 Å². The average molecular weight is 343 g/mol. The van der Waals surface area contributed by atoms with Crippen LogP contribution in [0.2, 0.25) is 0 Å². The van der Waals surface area contributed by atoms with Crippen LogP contribution >= 0.6 is 11.3 Å². The molecule has 2 N–H and O–H groups in total. The summed E-state index contributed by atoms with van der Waals surface area (Å²) in [6.07, 6.45) is 4.66. The van der Waals surface area contributed by atoms with Crippen molar-refractivity contribution in [1.29, 1.82) is 0 Å². The molecule has 1 aliphatic rings. The molecular weight excluding hydrogens is 326 g/mol. The molecule has 7 nitrogen and oxygen atoms in total. The maximum atomic E-state index is 12.4. The maximum absolute atomic E-state index is 12.4. The number of aliphatic imine (C=N–C) groups is 1. The van der Waals surface area contributed by atoms with Gasteiger partial charge >= 0.3 is 5.88 Å². The van der Waals surface area contributed by atoms with Gasteiger partial charge in [-0.3, -0.25) is 4.52 Å². The lowest BCUT2D eigenvalue weighted by Gasteiger charge is -2.20. The summed E-state index contributed by atoms with van der Waals surface area (Å²) in [5.41, 5.74) is 9.02. The van der Waals surface area contributed by atoms with Crippen molar-refractivity contribution in [3.8, 4) is 0 Å². The first-order valence-corrected chi connectivity index (χ1v) is 8.62. The maximum Gasteiger partial charge on any atom is 0.320 e. The van der Waals surface area contributed by atoms with E-state index in [1.807, 2.05) is 0 Å². The summed E-state index contributed by atoms with van der Waals surface area (Å²) < 4.78 is 6.38. The number of aryl methyl sites for hydroxylation is 2. The number of fused-ring (bicyclic) bond motifs is 2. The predicted octanol–water partition coefficient (Wildman–Crippen LogP) is 1.25. The van der Waals surface area contributed by atoms with Crippen LogP contribution in [0.25, 0.3) is 10.2 Å². The second kappa shape index (κ2) is 5.55. The van der Waals surface area contributed by atoms with Crippen LogP contribution in [0.15, 0.2) is 21.8 Å². The number of nitrogen functional groups attached to an aromatic ring is 1. The highest BCUT2D eigenvalue weighted by atomic mass is 32.1. The molecule has 0 spiro atoms. The monoisotopic (exact) mass is 343 g/mol. The summed E-state index contributed by atoms with van der Waals surface area (Å²) in [4.78, 5) is 9.85. The molecule has 3 heterocycles. The number of aromatic nitrogens is 3. The molecule has 0 aliphatic heterocycles. The van der Waals surface area contributed by atoms with Crippen molar-refractivity contribution in [2.45, 2.75) is 26.2 Å². The Morgan fingerprint density at radius 1 is 1.54 bits per heavy atom. The number of hydrogen-bond donors (Lipinski definition) is 1. The fourth-order valence-corrected chi connectivity index (χ4v) is 4.03. The van der Waals surface area contributed by atoms with Crippen LogP contribution in [0.3, 0.4) is 0 Å². The molecule has 0 fully saturated rings. The van der Waals surface area contributed by atoms with Crippen molar-refractivity contribution in [1.82, 2.24) is 10.3 Å². The largest absolute Gasteiger partial charge is 0.857 e. The van der Waals surface area contributed by atoms with Gasteiger partial charge in [-0.1, -0.05) is 11.6 Å². The molecule has 0 amide bonds. The highest BCUT2D eigenvalue weighted by molar-refractivity contribution is 7.21. The molecule has 0 saturated carbocycles. The van der Waals surface area contributed by atoms with Gasteiger partial charge in [-0.25, -0.2) is 9.98 Å². The van der Waals surface area contributed by atoms with Crippen LogP contribution in [0.4, 0.5) is 11.6 Å². The summed E-state index contributed by atoms with van der Waals surface area (Å²) in [5.74, 6) is 0.374. The molecule has 0 aromatic carbocycles. The van der Waals surface area contributed by atoms with Crippen LogP contribution in [0.1, 0.15) is 29.5 Å². The number of hydrogen-bond acceptors (Lipinski definition) is 7. The van der Waals surface area contributed by atoms with Crippen LogP contribution < -0.4 is 15.5 Å². The Balaban J connectivity index is 1.79. The number of nitrogens with two attached hydrogens (primary N) is 1. The molecular formula is C16H17N5O2S. The Morgan fingerprint density at radius 2 is 2.38 bits per heavy atom. The second-order valence-corrected chi connectivity index (χ2v) is 7.27. The van der Waals surface area contributed by atoms with Gasteiger partial charge in [-0.05, 0) is 36.8 Å². The van der Waals surface area contributed by atoms with Crippen molar-refractivity contribution in [2.24, 2.45) is 18.0 Å². The highest BCUT2D eigenvalue weighted by Crippen LogP contribution is 2.36. The third-order valence-electron chi connectivity index (χ3n) is 4.30. The molecule has 8 heteroatoms. The summed E-state index contributed by atoms with van der Waals surface area (Å²) in [7, 11) is 1.69. The first kappa shape index (κ1) is 15.1. The van der Waals surface area contributed by atoms with Gasteiger partial charge < -0.3 is 10.8 Å². The highest BCUT2D eigenvalue weighted by Gasteiger charge is 2.20. The van der Waals surface area contributed by atoms with Gasteiger partial charge in [0.15, 0.2) is 12.3 Å². The van der Waals surface area contributed by atoms with E-state index in [0.717, 1.165) is 35.2 Å². The van der Waals surface area contributed by atoms with Crippen LogP contribution in [-0.2, 0) is 19.9 Å². The normalized spacial score (nSPS) is 18.1. The van der Waals surface area contributed by atoms with E-state index in [0.29, 0.717) is 16.5 Å². The van der Waals surface area contributed by atoms with Crippen LogP contribution in [-0.4, -0.2) is 16.2 Å². The second-order valence-electron chi connectivity index (χ2n) is 6.27. The Labute approximate surface area is 142 Å². The predicted molar refractivity (Wildman–Crippen MR) is 89.1 cm³/mol. The summed E-state index contributed by atoms with van der Waals surface area (Å²) >= 11 is 1.28. The smallest absolute Gasteiger partial charge is 0.320 e. The first-order valence-electron chi connectivity index (χ1n) is 7.80. The lowest BCUT2D eigenvalue weighted by atomic mass is 9.87. The molecule has 124 valence electrons. The zero-order valence-electron chi connectivity index (χ0n) is 13.4. The van der Waals surface area contributed by atoms with E-state index in [2.05, 4.69) is 23.3 Å². The molecule has 0 bridgehead atoms. The third kappa shape index (κ3) is 2.52. The molecule has 4 rings (SSSR count).